The van der Waals surface area contributed by atoms with E-state index in [1.807, 2.05) is 54.6 Å². The van der Waals surface area contributed by atoms with Gasteiger partial charge in [0.25, 0.3) is 0 Å². The predicted molar refractivity (Wildman–Crippen MR) is 70.2 cm³/mol. The molecule has 0 fully saturated rings. The average Bonchev–Trinajstić information content (AvgIpc) is 2.81. The fraction of sp³-hybridized carbons (Fsp3) is 0.0625. The first-order chi connectivity index (χ1) is 8.86. The van der Waals surface area contributed by atoms with Gasteiger partial charge in [-0.25, -0.2) is 0 Å². The van der Waals surface area contributed by atoms with Crippen molar-refractivity contribution in [2.75, 3.05) is 0 Å². The van der Waals surface area contributed by atoms with Crippen molar-refractivity contribution in [3.63, 3.8) is 0 Å². The lowest BCUT2D eigenvalue weighted by Gasteiger charge is -2.00. The van der Waals surface area contributed by atoms with Crippen LogP contribution in [0, 0.1) is 11.3 Å². The Balaban J connectivity index is 1.99. The molecule has 0 saturated heterocycles. The van der Waals surface area contributed by atoms with Crippen LogP contribution in [0.5, 0.6) is 0 Å². The summed E-state index contributed by atoms with van der Waals surface area (Å²) in [4.78, 5) is 0. The highest BCUT2D eigenvalue weighted by molar-refractivity contribution is 5.77. The Morgan fingerprint density at radius 2 is 1.78 bits per heavy atom. The average molecular weight is 233 g/mol. The van der Waals surface area contributed by atoms with Crippen LogP contribution in [0.1, 0.15) is 16.9 Å². The maximum absolute atomic E-state index is 9.06. The zero-order chi connectivity index (χ0) is 12.4. The van der Waals surface area contributed by atoms with Gasteiger partial charge in [-0.15, -0.1) is 0 Å². The molecular weight excluding hydrogens is 222 g/mol. The van der Waals surface area contributed by atoms with Crippen LogP contribution in [-0.4, -0.2) is 0 Å². The van der Waals surface area contributed by atoms with Gasteiger partial charge in [0, 0.05) is 11.8 Å². The molecule has 0 N–H and O–H groups in total. The first kappa shape index (κ1) is 10.6. The Morgan fingerprint density at radius 1 is 1.00 bits per heavy atom. The predicted octanol–water partition coefficient (Wildman–Crippen LogP) is 3.90. The number of para-hydroxylation sites is 1. The number of fused-ring (bicyclic) bond motifs is 1. The number of nitriles is 1. The molecule has 18 heavy (non-hydrogen) atoms. The van der Waals surface area contributed by atoms with Crippen LogP contribution >= 0.6 is 0 Å². The molecule has 2 nitrogen and oxygen atoms in total. The molecule has 2 aromatic carbocycles. The molecule has 0 aliphatic rings. The van der Waals surface area contributed by atoms with Crippen LogP contribution < -0.4 is 0 Å². The zero-order valence-corrected chi connectivity index (χ0v) is 9.76. The summed E-state index contributed by atoms with van der Waals surface area (Å²) in [5, 5.41) is 10.2. The third kappa shape index (κ3) is 1.87. The highest BCUT2D eigenvalue weighted by Gasteiger charge is 2.07. The minimum atomic E-state index is 0.651. The minimum Gasteiger partial charge on any atom is -0.461 e. The fourth-order valence-corrected chi connectivity index (χ4v) is 2.10. The van der Waals surface area contributed by atoms with Gasteiger partial charge in [-0.2, -0.15) is 5.26 Å². The molecule has 3 rings (SSSR count). The molecular formula is C16H11NO. The lowest BCUT2D eigenvalue weighted by molar-refractivity contribution is 0.562. The third-order valence-electron chi connectivity index (χ3n) is 2.98. The Hall–Kier alpha value is -2.53. The van der Waals surface area contributed by atoms with Crippen LogP contribution in [0.15, 0.2) is 59.0 Å². The van der Waals surface area contributed by atoms with E-state index in [9.17, 15) is 0 Å². The van der Waals surface area contributed by atoms with Crippen LogP contribution in [0.25, 0.3) is 11.0 Å². The minimum absolute atomic E-state index is 0.651. The van der Waals surface area contributed by atoms with E-state index >= 15 is 0 Å². The Morgan fingerprint density at radius 3 is 2.61 bits per heavy atom. The number of furan rings is 1. The van der Waals surface area contributed by atoms with E-state index in [1.165, 1.54) is 0 Å². The van der Waals surface area contributed by atoms with Crippen LogP contribution in [0.2, 0.25) is 0 Å². The van der Waals surface area contributed by atoms with Gasteiger partial charge in [0.1, 0.15) is 11.3 Å². The number of rotatable bonds is 2. The molecule has 0 saturated carbocycles. The summed E-state index contributed by atoms with van der Waals surface area (Å²) in [5.74, 6) is 0.888. The first-order valence-electron chi connectivity index (χ1n) is 5.82. The molecule has 0 bridgehead atoms. The second-order valence-electron chi connectivity index (χ2n) is 4.20. The first-order valence-corrected chi connectivity index (χ1v) is 5.82. The van der Waals surface area contributed by atoms with Crippen molar-refractivity contribution in [1.82, 2.24) is 0 Å². The molecule has 0 unspecified atom stereocenters. The molecule has 0 atom stereocenters. The maximum atomic E-state index is 9.06. The third-order valence-corrected chi connectivity index (χ3v) is 2.98. The lowest BCUT2D eigenvalue weighted by atomic mass is 10.0. The summed E-state index contributed by atoms with van der Waals surface area (Å²) < 4.78 is 5.76. The Bertz CT molecular complexity index is 701. The summed E-state index contributed by atoms with van der Waals surface area (Å²) >= 11 is 0. The Labute approximate surface area is 105 Å². The summed E-state index contributed by atoms with van der Waals surface area (Å²) in [5.41, 5.74) is 2.60. The van der Waals surface area contributed by atoms with Crippen molar-refractivity contribution >= 4 is 11.0 Å². The van der Waals surface area contributed by atoms with Gasteiger partial charge in [-0.05, 0) is 23.8 Å². The highest BCUT2D eigenvalue weighted by Crippen LogP contribution is 2.22. The summed E-state index contributed by atoms with van der Waals surface area (Å²) in [7, 11) is 0. The van der Waals surface area contributed by atoms with E-state index in [0.717, 1.165) is 22.3 Å². The maximum Gasteiger partial charge on any atom is 0.134 e. The molecule has 1 heterocycles. The summed E-state index contributed by atoms with van der Waals surface area (Å²) in [6.45, 7) is 0. The van der Waals surface area contributed by atoms with Crippen molar-refractivity contribution in [1.29, 1.82) is 5.26 Å². The molecule has 0 aliphatic carbocycles. The van der Waals surface area contributed by atoms with Crippen molar-refractivity contribution in [3.05, 3.63) is 71.5 Å². The van der Waals surface area contributed by atoms with Crippen molar-refractivity contribution < 1.29 is 4.42 Å². The van der Waals surface area contributed by atoms with Gasteiger partial charge < -0.3 is 4.42 Å². The molecule has 0 aliphatic heterocycles. The van der Waals surface area contributed by atoms with E-state index in [2.05, 4.69) is 6.07 Å². The topological polar surface area (TPSA) is 36.9 Å². The second-order valence-corrected chi connectivity index (χ2v) is 4.20. The van der Waals surface area contributed by atoms with E-state index in [1.54, 1.807) is 0 Å². The van der Waals surface area contributed by atoms with E-state index in [4.69, 9.17) is 9.68 Å². The molecule has 0 spiro atoms. The van der Waals surface area contributed by atoms with Gasteiger partial charge in [0.15, 0.2) is 0 Å². The van der Waals surface area contributed by atoms with Crippen molar-refractivity contribution in [2.45, 2.75) is 6.42 Å². The Kier molecular flexibility index (Phi) is 2.59. The van der Waals surface area contributed by atoms with Crippen molar-refractivity contribution in [2.24, 2.45) is 0 Å². The molecule has 2 heteroatoms. The van der Waals surface area contributed by atoms with E-state index in [-0.39, 0.29) is 0 Å². The molecule has 1 aromatic heterocycles. The van der Waals surface area contributed by atoms with Gasteiger partial charge in [-0.1, -0.05) is 36.4 Å². The van der Waals surface area contributed by atoms with Crippen LogP contribution in [0.3, 0.4) is 0 Å². The molecule has 3 aromatic rings. The van der Waals surface area contributed by atoms with Gasteiger partial charge in [-0.3, -0.25) is 0 Å². The van der Waals surface area contributed by atoms with Gasteiger partial charge in [0.05, 0.1) is 11.6 Å². The number of benzene rings is 2. The van der Waals surface area contributed by atoms with Crippen LogP contribution in [-0.2, 0) is 6.42 Å². The number of hydrogen-bond donors (Lipinski definition) is 0. The molecule has 0 radical (unpaired) electrons. The SMILES string of the molecule is N#Cc1ccccc1Cc1cc2ccccc2o1. The highest BCUT2D eigenvalue weighted by atomic mass is 16.3. The fourth-order valence-electron chi connectivity index (χ4n) is 2.10. The second kappa shape index (κ2) is 4.38. The largest absolute Gasteiger partial charge is 0.461 e. The zero-order valence-electron chi connectivity index (χ0n) is 9.76. The summed E-state index contributed by atoms with van der Waals surface area (Å²) in [6, 6.07) is 19.8. The van der Waals surface area contributed by atoms with Gasteiger partial charge >= 0.3 is 0 Å². The smallest absolute Gasteiger partial charge is 0.134 e. The quantitative estimate of drug-likeness (QED) is 0.673. The van der Waals surface area contributed by atoms with Crippen LogP contribution in [0.4, 0.5) is 0 Å². The number of hydrogen-bond acceptors (Lipinski definition) is 2. The standard InChI is InChI=1S/C16H11NO/c17-11-14-7-2-1-5-12(14)9-15-10-13-6-3-4-8-16(13)18-15/h1-8,10H,9H2. The number of nitrogens with zero attached hydrogens (tertiary/aromatic N) is 1. The van der Waals surface area contributed by atoms with Gasteiger partial charge in [0.2, 0.25) is 0 Å². The summed E-state index contributed by atoms with van der Waals surface area (Å²) in [6.07, 6.45) is 0.651. The van der Waals surface area contributed by atoms with E-state index < -0.39 is 0 Å². The van der Waals surface area contributed by atoms with E-state index in [0.29, 0.717) is 12.0 Å². The monoisotopic (exact) mass is 233 g/mol. The molecule has 0 amide bonds. The lowest BCUT2D eigenvalue weighted by Crippen LogP contribution is -1.89. The van der Waals surface area contributed by atoms with Crippen molar-refractivity contribution in [3.8, 4) is 6.07 Å². The normalized spacial score (nSPS) is 10.4. The molecule has 86 valence electrons.